The van der Waals surface area contributed by atoms with Crippen LogP contribution >= 0.6 is 0 Å². The fourth-order valence-electron chi connectivity index (χ4n) is 4.93. The van der Waals surface area contributed by atoms with Gasteiger partial charge in [0.25, 0.3) is 0 Å². The minimum absolute atomic E-state index is 0.0461. The maximum Gasteiger partial charge on any atom is 0.150 e. The molecule has 0 fully saturated rings. The van der Waals surface area contributed by atoms with E-state index < -0.39 is 0 Å². The molecule has 3 nitrogen and oxygen atoms in total. The van der Waals surface area contributed by atoms with Crippen molar-refractivity contribution in [1.82, 2.24) is 0 Å². The molecule has 0 N–H and O–H groups in total. The number of carbonyl (C=O) groups excluding carboxylic acids is 1. The lowest BCUT2D eigenvalue weighted by Crippen LogP contribution is -2.33. The maximum absolute atomic E-state index is 12.3. The highest BCUT2D eigenvalue weighted by Crippen LogP contribution is 2.51. The van der Waals surface area contributed by atoms with Gasteiger partial charge in [-0.2, -0.15) is 0 Å². The Hall–Kier alpha value is -3.07. The Kier molecular flexibility index (Phi) is 5.62. The zero-order valence-electron chi connectivity index (χ0n) is 19.9. The van der Waals surface area contributed by atoms with Crippen molar-refractivity contribution in [2.24, 2.45) is 0 Å². The SMILES string of the molecule is COc1cc2c(cc1-c1c(C=O)cc(-c3ccccc3)cc1OC)C(C)(C)CCC2(C)C. The monoisotopic (exact) mass is 428 g/mol. The van der Waals surface area contributed by atoms with Crippen LogP contribution in [-0.2, 0) is 10.8 Å². The molecule has 3 aromatic rings. The molecule has 166 valence electrons. The lowest BCUT2D eigenvalue weighted by molar-refractivity contribution is 0.112. The van der Waals surface area contributed by atoms with Gasteiger partial charge >= 0.3 is 0 Å². The molecule has 0 amide bonds. The molecule has 3 aromatic carbocycles. The highest BCUT2D eigenvalue weighted by atomic mass is 16.5. The van der Waals surface area contributed by atoms with Crippen LogP contribution in [-0.4, -0.2) is 20.5 Å². The normalized spacial score (nSPS) is 16.2. The third kappa shape index (κ3) is 3.70. The average Bonchev–Trinajstić information content (AvgIpc) is 2.81. The number of methoxy groups -OCH3 is 2. The summed E-state index contributed by atoms with van der Waals surface area (Å²) in [7, 11) is 3.34. The largest absolute Gasteiger partial charge is 0.496 e. The molecule has 0 saturated carbocycles. The molecule has 0 heterocycles. The highest BCUT2D eigenvalue weighted by Gasteiger charge is 2.38. The van der Waals surface area contributed by atoms with Gasteiger partial charge < -0.3 is 9.47 Å². The van der Waals surface area contributed by atoms with Gasteiger partial charge in [0, 0.05) is 16.7 Å². The molecule has 4 rings (SSSR count). The zero-order chi connectivity index (χ0) is 23.1. The summed E-state index contributed by atoms with van der Waals surface area (Å²) in [5.74, 6) is 1.43. The smallest absolute Gasteiger partial charge is 0.150 e. The van der Waals surface area contributed by atoms with E-state index in [2.05, 4.69) is 39.8 Å². The fourth-order valence-corrected chi connectivity index (χ4v) is 4.93. The second kappa shape index (κ2) is 8.12. The van der Waals surface area contributed by atoms with Crippen LogP contribution in [0.3, 0.4) is 0 Å². The Balaban J connectivity index is 2.00. The van der Waals surface area contributed by atoms with Crippen LogP contribution in [0.2, 0.25) is 0 Å². The van der Waals surface area contributed by atoms with E-state index in [1.165, 1.54) is 11.1 Å². The molecule has 1 aliphatic carbocycles. The third-order valence-corrected chi connectivity index (χ3v) is 7.03. The molecule has 3 heteroatoms. The summed E-state index contributed by atoms with van der Waals surface area (Å²) < 4.78 is 11.7. The molecule has 32 heavy (non-hydrogen) atoms. The van der Waals surface area contributed by atoms with E-state index in [9.17, 15) is 4.79 Å². The van der Waals surface area contributed by atoms with Gasteiger partial charge in [-0.15, -0.1) is 0 Å². The number of hydrogen-bond donors (Lipinski definition) is 0. The van der Waals surface area contributed by atoms with Crippen molar-refractivity contribution in [3.8, 4) is 33.8 Å². The Labute approximate surface area is 191 Å². The molecule has 0 aliphatic heterocycles. The molecule has 0 spiro atoms. The van der Waals surface area contributed by atoms with Crippen LogP contribution in [0, 0.1) is 0 Å². The lowest BCUT2D eigenvalue weighted by atomic mass is 9.62. The van der Waals surface area contributed by atoms with E-state index in [0.29, 0.717) is 11.3 Å². The van der Waals surface area contributed by atoms with Gasteiger partial charge in [-0.05, 0) is 70.2 Å². The van der Waals surface area contributed by atoms with Crippen LogP contribution < -0.4 is 9.47 Å². The Morgan fingerprint density at radius 1 is 0.750 bits per heavy atom. The first-order valence-electron chi connectivity index (χ1n) is 11.2. The number of benzene rings is 3. The highest BCUT2D eigenvalue weighted by molar-refractivity contribution is 5.95. The van der Waals surface area contributed by atoms with Gasteiger partial charge in [0.05, 0.1) is 14.2 Å². The van der Waals surface area contributed by atoms with Crippen LogP contribution in [0.15, 0.2) is 54.6 Å². The van der Waals surface area contributed by atoms with Gasteiger partial charge in [-0.1, -0.05) is 58.0 Å². The minimum atomic E-state index is 0.0461. The van der Waals surface area contributed by atoms with Crippen molar-refractivity contribution in [2.45, 2.75) is 51.4 Å². The molecular weight excluding hydrogens is 396 g/mol. The quantitative estimate of drug-likeness (QED) is 0.403. The topological polar surface area (TPSA) is 35.5 Å². The number of hydrogen-bond acceptors (Lipinski definition) is 3. The number of rotatable bonds is 5. The second-order valence-corrected chi connectivity index (χ2v) is 9.99. The molecule has 0 aromatic heterocycles. The van der Waals surface area contributed by atoms with E-state index in [-0.39, 0.29) is 10.8 Å². The van der Waals surface area contributed by atoms with Crippen molar-refractivity contribution < 1.29 is 14.3 Å². The maximum atomic E-state index is 12.3. The molecule has 1 aliphatic rings. The Morgan fingerprint density at radius 3 is 1.91 bits per heavy atom. The first-order chi connectivity index (χ1) is 15.2. The summed E-state index contributed by atoms with van der Waals surface area (Å²) in [6.07, 6.45) is 3.16. The number of carbonyl (C=O) groups is 1. The van der Waals surface area contributed by atoms with Crippen molar-refractivity contribution in [3.63, 3.8) is 0 Å². The van der Waals surface area contributed by atoms with Crippen LogP contribution in [0.4, 0.5) is 0 Å². The van der Waals surface area contributed by atoms with Gasteiger partial charge in [-0.3, -0.25) is 4.79 Å². The van der Waals surface area contributed by atoms with Gasteiger partial charge in [0.1, 0.15) is 11.5 Å². The standard InChI is InChI=1S/C29H32O3/c1-28(2)12-13-29(3,4)24-17-25(31-5)22(16-23(24)28)27-21(18-30)14-20(15-26(27)32-6)19-10-8-7-9-11-19/h7-11,14-18H,12-13H2,1-6H3. The van der Waals surface area contributed by atoms with Crippen molar-refractivity contribution in [1.29, 1.82) is 0 Å². The predicted octanol–water partition coefficient (Wildman–Crippen LogP) is 7.20. The first-order valence-corrected chi connectivity index (χ1v) is 11.2. The van der Waals surface area contributed by atoms with Gasteiger partial charge in [0.2, 0.25) is 0 Å². The summed E-state index contributed by atoms with van der Waals surface area (Å²) >= 11 is 0. The summed E-state index contributed by atoms with van der Waals surface area (Å²) in [4.78, 5) is 12.3. The van der Waals surface area contributed by atoms with Crippen LogP contribution in [0.1, 0.15) is 62.0 Å². The fraction of sp³-hybridized carbons (Fsp3) is 0.345. The number of ether oxygens (including phenoxy) is 2. The second-order valence-electron chi connectivity index (χ2n) is 9.99. The molecule has 0 radical (unpaired) electrons. The number of aldehydes is 1. The summed E-state index contributed by atoms with van der Waals surface area (Å²) in [6, 6.07) is 18.4. The average molecular weight is 429 g/mol. The van der Waals surface area contributed by atoms with E-state index in [0.717, 1.165) is 47.1 Å². The zero-order valence-corrected chi connectivity index (χ0v) is 19.9. The summed E-state index contributed by atoms with van der Waals surface area (Å²) in [5, 5.41) is 0. The molecule has 0 unspecified atom stereocenters. The molecular formula is C29H32O3. The van der Waals surface area contributed by atoms with Crippen molar-refractivity contribution in [2.75, 3.05) is 14.2 Å². The van der Waals surface area contributed by atoms with Crippen molar-refractivity contribution in [3.05, 3.63) is 71.3 Å². The molecule has 0 bridgehead atoms. The predicted molar refractivity (Wildman–Crippen MR) is 131 cm³/mol. The van der Waals surface area contributed by atoms with E-state index >= 15 is 0 Å². The molecule has 0 saturated heterocycles. The summed E-state index contributed by atoms with van der Waals surface area (Å²) in [6.45, 7) is 9.19. The molecule has 0 atom stereocenters. The van der Waals surface area contributed by atoms with Gasteiger partial charge in [-0.25, -0.2) is 0 Å². The Bertz CT molecular complexity index is 1160. The van der Waals surface area contributed by atoms with Crippen LogP contribution in [0.5, 0.6) is 11.5 Å². The van der Waals surface area contributed by atoms with Crippen LogP contribution in [0.25, 0.3) is 22.3 Å². The Morgan fingerprint density at radius 2 is 1.34 bits per heavy atom. The lowest BCUT2D eigenvalue weighted by Gasteiger charge is -2.42. The van der Waals surface area contributed by atoms with Gasteiger partial charge in [0.15, 0.2) is 6.29 Å². The number of fused-ring (bicyclic) bond motifs is 1. The van der Waals surface area contributed by atoms with E-state index in [1.54, 1.807) is 14.2 Å². The minimum Gasteiger partial charge on any atom is -0.496 e. The third-order valence-electron chi connectivity index (χ3n) is 7.03. The van der Waals surface area contributed by atoms with E-state index in [4.69, 9.17) is 9.47 Å². The van der Waals surface area contributed by atoms with E-state index in [1.807, 2.05) is 42.5 Å². The van der Waals surface area contributed by atoms with Crippen molar-refractivity contribution >= 4 is 6.29 Å². The first kappa shape index (κ1) is 22.1. The summed E-state index contributed by atoms with van der Waals surface area (Å²) in [5.41, 5.74) is 7.02.